The quantitative estimate of drug-likeness (QED) is 0.652. The van der Waals surface area contributed by atoms with E-state index in [0.717, 1.165) is 11.6 Å². The number of allylic oxidation sites excluding steroid dienone is 7. The Hall–Kier alpha value is -2.50. The molecule has 0 saturated carbocycles. The molecule has 0 bridgehead atoms. The number of aromatic hydroxyl groups is 1. The molecule has 0 unspecified atom stereocenters. The first-order valence-corrected chi connectivity index (χ1v) is 5.80. The minimum atomic E-state index is -3.01. The third-order valence-corrected chi connectivity index (χ3v) is 2.58. The average molecular weight is 276 g/mol. The molecule has 0 radical (unpaired) electrons. The van der Waals surface area contributed by atoms with Crippen LogP contribution in [0.2, 0.25) is 0 Å². The van der Waals surface area contributed by atoms with E-state index < -0.39 is 7.47 Å². The second kappa shape index (κ2) is 6.10. The molecule has 1 aromatic rings. The zero-order valence-electron chi connectivity index (χ0n) is 10.3. The van der Waals surface area contributed by atoms with E-state index in [1.165, 1.54) is 18.2 Å². The minimum absolute atomic E-state index is 0.00638. The molecule has 0 atom stereocenters. The number of phenols is 1. The summed E-state index contributed by atoms with van der Waals surface area (Å²) < 4.78 is 28.9. The van der Waals surface area contributed by atoms with Crippen LogP contribution in [0, 0.1) is 0 Å². The molecule has 0 fully saturated rings. The van der Waals surface area contributed by atoms with Gasteiger partial charge in [-0.3, -0.25) is 0 Å². The number of hydrogen-bond acceptors (Lipinski definition) is 3. The highest BCUT2D eigenvalue weighted by atomic mass is 19.2. The van der Waals surface area contributed by atoms with Gasteiger partial charge in [0, 0.05) is 0 Å². The summed E-state index contributed by atoms with van der Waals surface area (Å²) in [6.45, 7) is 0. The molecule has 0 aromatic heterocycles. The van der Waals surface area contributed by atoms with E-state index in [2.05, 4.69) is 4.65 Å². The van der Waals surface area contributed by atoms with Crippen molar-refractivity contribution in [3.05, 3.63) is 65.8 Å². The van der Waals surface area contributed by atoms with E-state index in [1.54, 1.807) is 6.08 Å². The zero-order chi connectivity index (χ0) is 14.5. The second-order valence-electron chi connectivity index (χ2n) is 4.00. The molecule has 0 saturated heterocycles. The predicted octanol–water partition coefficient (Wildman–Crippen LogP) is 3.65. The molecule has 2 rings (SSSR count). The van der Waals surface area contributed by atoms with Gasteiger partial charge in [0.25, 0.3) is 0 Å². The van der Waals surface area contributed by atoms with Gasteiger partial charge in [-0.15, -0.1) is 0 Å². The van der Waals surface area contributed by atoms with Crippen LogP contribution in [-0.4, -0.2) is 17.7 Å². The second-order valence-corrected chi connectivity index (χ2v) is 4.00. The Bertz CT molecular complexity index is 605. The van der Waals surface area contributed by atoms with E-state index >= 15 is 0 Å². The summed E-state index contributed by atoms with van der Waals surface area (Å²) >= 11 is 0. The summed E-state index contributed by atoms with van der Waals surface area (Å²) in [5, 5.41) is 19.3. The van der Waals surface area contributed by atoms with Gasteiger partial charge in [0.1, 0.15) is 17.3 Å². The van der Waals surface area contributed by atoms with Crippen molar-refractivity contribution in [2.75, 3.05) is 0 Å². The fraction of sp³-hybridized carbons (Fsp3) is 0. The Labute approximate surface area is 115 Å². The Morgan fingerprint density at radius 1 is 1.20 bits per heavy atom. The number of aliphatic hydroxyl groups excluding tert-OH is 1. The van der Waals surface area contributed by atoms with Crippen molar-refractivity contribution in [3.8, 4) is 11.5 Å². The number of hydrogen-bond donors (Lipinski definition) is 2. The van der Waals surface area contributed by atoms with Crippen LogP contribution in [-0.2, 0) is 0 Å². The van der Waals surface area contributed by atoms with Crippen molar-refractivity contribution in [1.82, 2.24) is 0 Å². The van der Waals surface area contributed by atoms with Crippen molar-refractivity contribution in [2.24, 2.45) is 0 Å². The van der Waals surface area contributed by atoms with E-state index in [0.29, 0.717) is 0 Å². The average Bonchev–Trinajstić information content (AvgIpc) is 2.90. The number of phenolic OH excluding ortho intramolecular Hbond substituents is 1. The van der Waals surface area contributed by atoms with Gasteiger partial charge in [-0.25, -0.2) is 8.63 Å². The number of rotatable bonds is 4. The largest absolute Gasteiger partial charge is 0.796 e. The van der Waals surface area contributed by atoms with Crippen LogP contribution >= 0.6 is 0 Å². The number of halogens is 2. The summed E-state index contributed by atoms with van der Waals surface area (Å²) in [5.74, 6) is -0.643. The lowest BCUT2D eigenvalue weighted by Gasteiger charge is -2.09. The van der Waals surface area contributed by atoms with Crippen molar-refractivity contribution in [2.45, 2.75) is 0 Å². The monoisotopic (exact) mass is 276 g/mol. The fourth-order valence-electron chi connectivity index (χ4n) is 1.68. The topological polar surface area (TPSA) is 49.7 Å². The van der Waals surface area contributed by atoms with E-state index in [4.69, 9.17) is 0 Å². The summed E-state index contributed by atoms with van der Waals surface area (Å²) in [5.41, 5.74) is 0.848. The molecule has 0 spiro atoms. The Morgan fingerprint density at radius 2 is 1.90 bits per heavy atom. The first-order chi connectivity index (χ1) is 9.56. The third kappa shape index (κ3) is 3.51. The predicted molar refractivity (Wildman–Crippen MR) is 73.7 cm³/mol. The maximum Gasteiger partial charge on any atom is 0.796 e. The van der Waals surface area contributed by atoms with Gasteiger partial charge >= 0.3 is 7.47 Å². The molecular formula is C14H11BF2O3. The maximum absolute atomic E-state index is 12.3. The van der Waals surface area contributed by atoms with Crippen molar-refractivity contribution >= 4 is 13.2 Å². The molecule has 0 heterocycles. The van der Waals surface area contributed by atoms with Gasteiger partial charge in [0.2, 0.25) is 0 Å². The van der Waals surface area contributed by atoms with Crippen LogP contribution in [0.1, 0.15) is 5.56 Å². The summed E-state index contributed by atoms with van der Waals surface area (Å²) in [7, 11) is -3.01. The van der Waals surface area contributed by atoms with Gasteiger partial charge in [-0.05, 0) is 29.8 Å². The number of benzene rings is 1. The molecular weight excluding hydrogens is 265 g/mol. The molecule has 3 nitrogen and oxygen atoms in total. The molecule has 2 N–H and O–H groups in total. The van der Waals surface area contributed by atoms with E-state index in [9.17, 15) is 18.8 Å². The molecule has 1 aliphatic rings. The van der Waals surface area contributed by atoms with Gasteiger partial charge in [-0.1, -0.05) is 30.4 Å². The molecule has 20 heavy (non-hydrogen) atoms. The van der Waals surface area contributed by atoms with Gasteiger partial charge < -0.3 is 14.9 Å². The van der Waals surface area contributed by atoms with Gasteiger partial charge in [0.05, 0.1) is 5.56 Å². The normalized spacial score (nSPS) is 13.7. The SMILES string of the molecule is OC(=CC=C1C=CC=C1)c1cc(O)ccc1OB(F)F. The first kappa shape index (κ1) is 13.9. The van der Waals surface area contributed by atoms with Crippen molar-refractivity contribution < 1.29 is 23.5 Å². The first-order valence-electron chi connectivity index (χ1n) is 5.80. The molecule has 0 amide bonds. The van der Waals surface area contributed by atoms with Crippen LogP contribution in [0.5, 0.6) is 11.5 Å². The highest BCUT2D eigenvalue weighted by Gasteiger charge is 2.21. The van der Waals surface area contributed by atoms with Gasteiger partial charge in [-0.2, -0.15) is 0 Å². The van der Waals surface area contributed by atoms with Gasteiger partial charge in [0.15, 0.2) is 0 Å². The highest BCUT2D eigenvalue weighted by Crippen LogP contribution is 2.29. The standard InChI is InChI=1S/C14H11BF2O3/c16-15(17)20-14-8-6-11(18)9-12(14)13(19)7-5-10-3-1-2-4-10/h1-9,18-19H. The summed E-state index contributed by atoms with van der Waals surface area (Å²) in [6, 6.07) is 3.53. The van der Waals surface area contributed by atoms with Crippen molar-refractivity contribution in [1.29, 1.82) is 0 Å². The van der Waals surface area contributed by atoms with Crippen LogP contribution in [0.4, 0.5) is 8.63 Å². The Kier molecular flexibility index (Phi) is 4.25. The fourth-order valence-corrected chi connectivity index (χ4v) is 1.68. The van der Waals surface area contributed by atoms with E-state index in [1.807, 2.05) is 24.3 Å². The highest BCUT2D eigenvalue weighted by molar-refractivity contribution is 6.35. The molecule has 6 heteroatoms. The lowest BCUT2D eigenvalue weighted by molar-refractivity contribution is 0.419. The molecule has 0 aliphatic heterocycles. The maximum atomic E-state index is 12.3. The smallest absolute Gasteiger partial charge is 0.508 e. The van der Waals surface area contributed by atoms with Crippen LogP contribution in [0.25, 0.3) is 5.76 Å². The number of aliphatic hydroxyl groups is 1. The minimum Gasteiger partial charge on any atom is -0.508 e. The Morgan fingerprint density at radius 3 is 2.55 bits per heavy atom. The summed E-state index contributed by atoms with van der Waals surface area (Å²) in [6.07, 6.45) is 10.3. The third-order valence-electron chi connectivity index (χ3n) is 2.58. The molecule has 1 aromatic carbocycles. The van der Waals surface area contributed by atoms with Crippen LogP contribution < -0.4 is 4.65 Å². The van der Waals surface area contributed by atoms with Crippen molar-refractivity contribution in [3.63, 3.8) is 0 Å². The Balaban J connectivity index is 2.32. The van der Waals surface area contributed by atoms with E-state index in [-0.39, 0.29) is 22.8 Å². The molecule has 102 valence electrons. The van der Waals surface area contributed by atoms with Crippen LogP contribution in [0.3, 0.4) is 0 Å². The lowest BCUT2D eigenvalue weighted by Crippen LogP contribution is -2.09. The summed E-state index contributed by atoms with van der Waals surface area (Å²) in [4.78, 5) is 0. The lowest BCUT2D eigenvalue weighted by atomic mass is 10.1. The van der Waals surface area contributed by atoms with Crippen LogP contribution in [0.15, 0.2) is 60.2 Å². The molecule has 1 aliphatic carbocycles. The zero-order valence-corrected chi connectivity index (χ0v) is 10.3.